The van der Waals surface area contributed by atoms with Gasteiger partial charge in [-0.3, -0.25) is 9.59 Å². The Kier molecular flexibility index (Phi) is 4.60. The Morgan fingerprint density at radius 1 is 1.44 bits per heavy atom. The molecule has 0 bridgehead atoms. The molecular formula is C18H20FN3O2S. The molecule has 0 radical (unpaired) electrons. The van der Waals surface area contributed by atoms with Gasteiger partial charge in [-0.05, 0) is 23.8 Å². The van der Waals surface area contributed by atoms with Crippen LogP contribution in [0, 0.1) is 5.82 Å². The molecule has 7 heteroatoms. The normalized spacial score (nSPS) is 17.0. The van der Waals surface area contributed by atoms with Gasteiger partial charge in [0.15, 0.2) is 0 Å². The number of aromatic nitrogens is 1. The predicted molar refractivity (Wildman–Crippen MR) is 95.0 cm³/mol. The number of carbonyl (C=O) groups is 2. The maximum Gasteiger partial charge on any atom is 0.228 e. The minimum Gasteiger partial charge on any atom is -0.349 e. The van der Waals surface area contributed by atoms with E-state index in [4.69, 9.17) is 0 Å². The first kappa shape index (κ1) is 17.5. The van der Waals surface area contributed by atoms with Crippen LogP contribution in [0.4, 0.5) is 10.1 Å². The van der Waals surface area contributed by atoms with Gasteiger partial charge in [0.1, 0.15) is 10.8 Å². The topological polar surface area (TPSA) is 71.1 Å². The number of hydrogen-bond donors (Lipinski definition) is 2. The lowest BCUT2D eigenvalue weighted by molar-refractivity contribution is -0.126. The number of rotatable bonds is 3. The van der Waals surface area contributed by atoms with E-state index < -0.39 is 11.7 Å². The summed E-state index contributed by atoms with van der Waals surface area (Å²) in [7, 11) is 0. The van der Waals surface area contributed by atoms with Gasteiger partial charge in [0.05, 0.1) is 18.2 Å². The van der Waals surface area contributed by atoms with Gasteiger partial charge >= 0.3 is 0 Å². The van der Waals surface area contributed by atoms with E-state index in [1.807, 2.05) is 5.38 Å². The van der Waals surface area contributed by atoms with Gasteiger partial charge in [0, 0.05) is 22.9 Å². The summed E-state index contributed by atoms with van der Waals surface area (Å²) in [5, 5.41) is 8.28. The van der Waals surface area contributed by atoms with Crippen LogP contribution in [0.15, 0.2) is 23.6 Å². The van der Waals surface area contributed by atoms with Crippen molar-refractivity contribution in [2.45, 2.75) is 45.1 Å². The number of carbonyl (C=O) groups excluding carboxylic acids is 2. The van der Waals surface area contributed by atoms with Crippen LogP contribution >= 0.6 is 11.3 Å². The Bertz CT molecular complexity index is 826. The van der Waals surface area contributed by atoms with Crippen LogP contribution < -0.4 is 10.6 Å². The Morgan fingerprint density at radius 2 is 2.20 bits per heavy atom. The van der Waals surface area contributed by atoms with Crippen LogP contribution in [-0.2, 0) is 21.5 Å². The zero-order chi connectivity index (χ0) is 18.2. The summed E-state index contributed by atoms with van der Waals surface area (Å²) in [4.78, 5) is 28.9. The van der Waals surface area contributed by atoms with E-state index in [9.17, 15) is 14.0 Å². The Labute approximate surface area is 149 Å². The maximum absolute atomic E-state index is 13.5. The second-order valence-corrected chi connectivity index (χ2v) is 8.07. The summed E-state index contributed by atoms with van der Waals surface area (Å²) < 4.78 is 13.5. The molecule has 0 spiro atoms. The van der Waals surface area contributed by atoms with E-state index in [1.54, 1.807) is 0 Å². The van der Waals surface area contributed by atoms with Gasteiger partial charge in [-0.2, -0.15) is 0 Å². The van der Waals surface area contributed by atoms with E-state index in [0.717, 1.165) is 10.7 Å². The molecule has 0 unspecified atom stereocenters. The standard InChI is InChI=1S/C18H20FN3O2S/c1-18(2,3)14-9-25-16(22-14)8-20-17(24)12-7-15(23)21-13-5-4-10(19)6-11(12)13/h4-6,9,12H,7-8H2,1-3H3,(H,20,24)(H,21,23)/t12-/m1/s1. The molecule has 132 valence electrons. The first-order valence-corrected chi connectivity index (χ1v) is 8.94. The largest absolute Gasteiger partial charge is 0.349 e. The first-order valence-electron chi connectivity index (χ1n) is 8.06. The van der Waals surface area contributed by atoms with Crippen molar-refractivity contribution < 1.29 is 14.0 Å². The monoisotopic (exact) mass is 361 g/mol. The highest BCUT2D eigenvalue weighted by atomic mass is 32.1. The lowest BCUT2D eigenvalue weighted by Crippen LogP contribution is -2.34. The Morgan fingerprint density at radius 3 is 2.88 bits per heavy atom. The zero-order valence-corrected chi connectivity index (χ0v) is 15.2. The van der Waals surface area contributed by atoms with Crippen LogP contribution in [0.5, 0.6) is 0 Å². The predicted octanol–water partition coefficient (Wildman–Crippen LogP) is 3.32. The first-order chi connectivity index (χ1) is 11.7. The molecule has 2 amide bonds. The Hall–Kier alpha value is -2.28. The van der Waals surface area contributed by atoms with Gasteiger partial charge in [-0.1, -0.05) is 20.8 Å². The zero-order valence-electron chi connectivity index (χ0n) is 14.4. The molecule has 0 aliphatic carbocycles. The fourth-order valence-electron chi connectivity index (χ4n) is 2.69. The molecule has 0 fully saturated rings. The van der Waals surface area contributed by atoms with Crippen molar-refractivity contribution in [3.8, 4) is 0 Å². The number of nitrogens with zero attached hydrogens (tertiary/aromatic N) is 1. The average molecular weight is 361 g/mol. The fraction of sp³-hybridized carbons (Fsp3) is 0.389. The molecule has 1 aromatic carbocycles. The highest BCUT2D eigenvalue weighted by Crippen LogP contribution is 2.33. The lowest BCUT2D eigenvalue weighted by atomic mass is 9.89. The van der Waals surface area contributed by atoms with E-state index in [1.165, 1.54) is 29.5 Å². The van der Waals surface area contributed by atoms with Gasteiger partial charge < -0.3 is 10.6 Å². The molecule has 1 atom stereocenters. The molecule has 5 nitrogen and oxygen atoms in total. The summed E-state index contributed by atoms with van der Waals surface area (Å²) in [6.07, 6.45) is 0.00734. The third-order valence-corrected chi connectivity index (χ3v) is 4.95. The van der Waals surface area contributed by atoms with Gasteiger partial charge in [-0.25, -0.2) is 9.37 Å². The molecule has 3 rings (SSSR count). The lowest BCUT2D eigenvalue weighted by Gasteiger charge is -2.24. The van der Waals surface area contributed by atoms with E-state index >= 15 is 0 Å². The number of nitrogens with one attached hydrogen (secondary N) is 2. The van der Waals surface area contributed by atoms with E-state index in [2.05, 4.69) is 36.4 Å². The quantitative estimate of drug-likeness (QED) is 0.881. The van der Waals surface area contributed by atoms with Crippen molar-refractivity contribution in [1.29, 1.82) is 0 Å². The summed E-state index contributed by atoms with van der Waals surface area (Å²) in [6.45, 7) is 6.53. The third-order valence-electron chi connectivity index (χ3n) is 4.10. The third kappa shape index (κ3) is 3.87. The number of halogens is 1. The number of fused-ring (bicyclic) bond motifs is 1. The molecule has 2 N–H and O–H groups in total. The molecule has 1 aliphatic rings. The minimum absolute atomic E-state index is 0.00734. The number of thiazole rings is 1. The number of amides is 2. The summed E-state index contributed by atoms with van der Waals surface area (Å²) in [6, 6.07) is 4.06. The molecule has 1 aromatic heterocycles. The van der Waals surface area contributed by atoms with Crippen LogP contribution in [0.2, 0.25) is 0 Å². The molecule has 2 aromatic rings. The molecule has 1 aliphatic heterocycles. The molecule has 0 saturated carbocycles. The van der Waals surface area contributed by atoms with Crippen molar-refractivity contribution in [1.82, 2.24) is 10.3 Å². The summed E-state index contributed by atoms with van der Waals surface area (Å²) in [5.41, 5.74) is 1.93. The fourth-order valence-corrected chi connectivity index (χ4v) is 3.65. The molecule has 2 heterocycles. The minimum atomic E-state index is -0.693. The van der Waals surface area contributed by atoms with Crippen molar-refractivity contribution in [2.24, 2.45) is 0 Å². The SMILES string of the molecule is CC(C)(C)c1csc(CNC(=O)[C@@H]2CC(=O)Nc3ccc(F)cc32)n1. The number of benzene rings is 1. The van der Waals surface area contributed by atoms with Crippen molar-refractivity contribution in [3.05, 3.63) is 45.7 Å². The van der Waals surface area contributed by atoms with Crippen LogP contribution in [-0.4, -0.2) is 16.8 Å². The number of hydrogen-bond acceptors (Lipinski definition) is 4. The van der Waals surface area contributed by atoms with Crippen LogP contribution in [0.3, 0.4) is 0 Å². The highest BCUT2D eigenvalue weighted by molar-refractivity contribution is 7.09. The smallest absolute Gasteiger partial charge is 0.228 e. The van der Waals surface area contributed by atoms with Crippen LogP contribution in [0.25, 0.3) is 0 Å². The van der Waals surface area contributed by atoms with E-state index in [-0.39, 0.29) is 23.7 Å². The van der Waals surface area contributed by atoms with Gasteiger partial charge in [0.2, 0.25) is 11.8 Å². The van der Waals surface area contributed by atoms with Crippen LogP contribution in [0.1, 0.15) is 49.4 Å². The van der Waals surface area contributed by atoms with Crippen molar-refractivity contribution in [2.75, 3.05) is 5.32 Å². The molecular weight excluding hydrogens is 341 g/mol. The average Bonchev–Trinajstić information content (AvgIpc) is 3.01. The summed E-state index contributed by atoms with van der Waals surface area (Å²) in [5.74, 6) is -1.67. The molecule has 0 saturated heterocycles. The van der Waals surface area contributed by atoms with Crippen molar-refractivity contribution in [3.63, 3.8) is 0 Å². The molecule has 25 heavy (non-hydrogen) atoms. The van der Waals surface area contributed by atoms with Crippen molar-refractivity contribution >= 4 is 28.8 Å². The Balaban J connectivity index is 1.73. The van der Waals surface area contributed by atoms with Gasteiger partial charge in [0.25, 0.3) is 0 Å². The maximum atomic E-state index is 13.5. The van der Waals surface area contributed by atoms with Gasteiger partial charge in [-0.15, -0.1) is 11.3 Å². The van der Waals surface area contributed by atoms with E-state index in [0.29, 0.717) is 17.8 Å². The highest BCUT2D eigenvalue weighted by Gasteiger charge is 2.31. The second-order valence-electron chi connectivity index (χ2n) is 7.13. The number of anilines is 1. The second kappa shape index (κ2) is 6.55. The summed E-state index contributed by atoms with van der Waals surface area (Å²) >= 11 is 1.49.